The third-order valence-electron chi connectivity index (χ3n) is 3.77. The van der Waals surface area contributed by atoms with Gasteiger partial charge in [-0.05, 0) is 41.7 Å². The average molecular weight is 248 g/mol. The van der Waals surface area contributed by atoms with Crippen molar-refractivity contribution in [2.24, 2.45) is 11.8 Å². The molecule has 1 N–H and O–H groups in total. The number of aliphatic hydroxyl groups is 1. The van der Waals surface area contributed by atoms with Crippen molar-refractivity contribution in [3.05, 3.63) is 35.4 Å². The molecule has 1 aromatic carbocycles. The normalized spacial score (nSPS) is 15.8. The van der Waals surface area contributed by atoms with Crippen molar-refractivity contribution >= 4 is 0 Å². The quantitative estimate of drug-likeness (QED) is 0.847. The van der Waals surface area contributed by atoms with E-state index in [0.717, 1.165) is 6.42 Å². The van der Waals surface area contributed by atoms with Gasteiger partial charge in [0.2, 0.25) is 0 Å². The number of rotatable bonds is 4. The number of benzene rings is 1. The molecule has 18 heavy (non-hydrogen) atoms. The Morgan fingerprint density at radius 3 is 1.83 bits per heavy atom. The smallest absolute Gasteiger partial charge is 0.0545 e. The van der Waals surface area contributed by atoms with Gasteiger partial charge >= 0.3 is 0 Å². The van der Waals surface area contributed by atoms with Gasteiger partial charge in [0.25, 0.3) is 0 Å². The first-order valence-electron chi connectivity index (χ1n) is 6.99. The molecule has 0 fully saturated rings. The highest BCUT2D eigenvalue weighted by atomic mass is 16.3. The summed E-state index contributed by atoms with van der Waals surface area (Å²) in [5, 5.41) is 9.83. The monoisotopic (exact) mass is 248 g/mol. The second-order valence-electron chi connectivity index (χ2n) is 6.80. The maximum absolute atomic E-state index is 9.83. The Morgan fingerprint density at radius 1 is 1.00 bits per heavy atom. The predicted octanol–water partition coefficient (Wildman–Crippen LogP) is 4.18. The Balaban J connectivity index is 2.80. The minimum Gasteiger partial charge on any atom is -0.393 e. The summed E-state index contributed by atoms with van der Waals surface area (Å²) in [4.78, 5) is 0. The lowest BCUT2D eigenvalue weighted by molar-refractivity contribution is 0.0977. The van der Waals surface area contributed by atoms with Gasteiger partial charge in [-0.2, -0.15) is 0 Å². The highest BCUT2D eigenvalue weighted by Crippen LogP contribution is 2.25. The van der Waals surface area contributed by atoms with Crippen molar-refractivity contribution in [3.63, 3.8) is 0 Å². The van der Waals surface area contributed by atoms with Crippen LogP contribution in [0.15, 0.2) is 24.3 Å². The molecule has 0 amide bonds. The molecular formula is C17H28O. The van der Waals surface area contributed by atoms with Crippen LogP contribution in [0.3, 0.4) is 0 Å². The van der Waals surface area contributed by atoms with E-state index in [0.29, 0.717) is 11.8 Å². The van der Waals surface area contributed by atoms with Crippen LogP contribution in [0.5, 0.6) is 0 Å². The molecule has 0 aliphatic rings. The fourth-order valence-corrected chi connectivity index (χ4v) is 2.38. The van der Waals surface area contributed by atoms with Gasteiger partial charge in [-0.25, -0.2) is 0 Å². The third-order valence-corrected chi connectivity index (χ3v) is 3.77. The molecule has 0 aromatic heterocycles. The van der Waals surface area contributed by atoms with Crippen molar-refractivity contribution in [1.82, 2.24) is 0 Å². The predicted molar refractivity (Wildman–Crippen MR) is 78.9 cm³/mol. The SMILES string of the molecule is CC(C)C(Cc1ccc(C(C)(C)C)cc1)C(C)O. The van der Waals surface area contributed by atoms with Crippen molar-refractivity contribution in [3.8, 4) is 0 Å². The van der Waals surface area contributed by atoms with Crippen LogP contribution in [0, 0.1) is 11.8 Å². The zero-order chi connectivity index (χ0) is 13.9. The Kier molecular flexibility index (Phi) is 4.98. The molecule has 0 aliphatic carbocycles. The largest absolute Gasteiger partial charge is 0.393 e. The second-order valence-corrected chi connectivity index (χ2v) is 6.80. The van der Waals surface area contributed by atoms with E-state index in [-0.39, 0.29) is 11.5 Å². The summed E-state index contributed by atoms with van der Waals surface area (Å²) in [5.41, 5.74) is 2.90. The summed E-state index contributed by atoms with van der Waals surface area (Å²) in [6, 6.07) is 8.85. The van der Waals surface area contributed by atoms with E-state index in [1.54, 1.807) is 0 Å². The Bertz CT molecular complexity index is 346. The van der Waals surface area contributed by atoms with Gasteiger partial charge in [-0.3, -0.25) is 0 Å². The molecule has 0 heterocycles. The standard InChI is InChI=1S/C17H28O/c1-12(2)16(13(3)18)11-14-7-9-15(10-8-14)17(4,5)6/h7-10,12-13,16,18H,11H2,1-6H3. The highest BCUT2D eigenvalue weighted by Gasteiger charge is 2.20. The lowest BCUT2D eigenvalue weighted by Gasteiger charge is -2.24. The van der Waals surface area contributed by atoms with E-state index in [1.165, 1.54) is 11.1 Å². The van der Waals surface area contributed by atoms with Gasteiger partial charge in [-0.15, -0.1) is 0 Å². The van der Waals surface area contributed by atoms with E-state index in [2.05, 4.69) is 58.9 Å². The molecule has 1 rings (SSSR count). The minimum atomic E-state index is -0.243. The van der Waals surface area contributed by atoms with Crippen molar-refractivity contribution < 1.29 is 5.11 Å². The first-order valence-corrected chi connectivity index (χ1v) is 6.99. The van der Waals surface area contributed by atoms with Crippen LogP contribution < -0.4 is 0 Å². The summed E-state index contributed by atoms with van der Waals surface area (Å²) in [7, 11) is 0. The van der Waals surface area contributed by atoms with Gasteiger partial charge in [0, 0.05) is 0 Å². The molecule has 0 saturated heterocycles. The molecule has 0 saturated carbocycles. The molecule has 0 bridgehead atoms. The Hall–Kier alpha value is -0.820. The summed E-state index contributed by atoms with van der Waals surface area (Å²) in [5.74, 6) is 0.845. The Morgan fingerprint density at radius 2 is 1.50 bits per heavy atom. The molecule has 2 atom stereocenters. The van der Waals surface area contributed by atoms with Crippen molar-refractivity contribution in [1.29, 1.82) is 0 Å². The minimum absolute atomic E-state index is 0.209. The maximum Gasteiger partial charge on any atom is 0.0545 e. The fourth-order valence-electron chi connectivity index (χ4n) is 2.38. The summed E-state index contributed by atoms with van der Waals surface area (Å²) < 4.78 is 0. The molecule has 0 radical (unpaired) electrons. The lowest BCUT2D eigenvalue weighted by atomic mass is 9.83. The molecule has 0 spiro atoms. The molecular weight excluding hydrogens is 220 g/mol. The maximum atomic E-state index is 9.83. The van der Waals surface area contributed by atoms with Crippen molar-refractivity contribution in [2.45, 2.75) is 59.5 Å². The molecule has 0 aliphatic heterocycles. The highest BCUT2D eigenvalue weighted by molar-refractivity contribution is 5.27. The van der Waals surface area contributed by atoms with Gasteiger partial charge in [0.15, 0.2) is 0 Å². The van der Waals surface area contributed by atoms with E-state index in [1.807, 2.05) is 6.92 Å². The summed E-state index contributed by atoms with van der Waals surface area (Å²) in [6.45, 7) is 13.0. The van der Waals surface area contributed by atoms with E-state index < -0.39 is 0 Å². The second kappa shape index (κ2) is 5.88. The average Bonchev–Trinajstić information content (AvgIpc) is 2.24. The molecule has 1 aromatic rings. The zero-order valence-corrected chi connectivity index (χ0v) is 12.7. The molecule has 102 valence electrons. The Labute approximate surface area is 112 Å². The van der Waals surface area contributed by atoms with Crippen LogP contribution in [0.1, 0.15) is 52.7 Å². The van der Waals surface area contributed by atoms with E-state index in [4.69, 9.17) is 0 Å². The fraction of sp³-hybridized carbons (Fsp3) is 0.647. The molecule has 1 nitrogen and oxygen atoms in total. The van der Waals surface area contributed by atoms with Crippen LogP contribution in [0.4, 0.5) is 0 Å². The van der Waals surface area contributed by atoms with Gasteiger partial charge < -0.3 is 5.11 Å². The summed E-state index contributed by atoms with van der Waals surface area (Å²) in [6.07, 6.45) is 0.715. The van der Waals surface area contributed by atoms with Crippen LogP contribution in [-0.2, 0) is 11.8 Å². The third kappa shape index (κ3) is 4.13. The van der Waals surface area contributed by atoms with Crippen LogP contribution >= 0.6 is 0 Å². The first kappa shape index (κ1) is 15.2. The van der Waals surface area contributed by atoms with Gasteiger partial charge in [-0.1, -0.05) is 58.9 Å². The van der Waals surface area contributed by atoms with Crippen LogP contribution in [0.25, 0.3) is 0 Å². The number of aliphatic hydroxyl groups excluding tert-OH is 1. The van der Waals surface area contributed by atoms with Gasteiger partial charge in [0.05, 0.1) is 6.10 Å². The van der Waals surface area contributed by atoms with Crippen LogP contribution in [-0.4, -0.2) is 11.2 Å². The number of hydrogen-bond donors (Lipinski definition) is 1. The van der Waals surface area contributed by atoms with E-state index >= 15 is 0 Å². The van der Waals surface area contributed by atoms with E-state index in [9.17, 15) is 5.11 Å². The van der Waals surface area contributed by atoms with Crippen molar-refractivity contribution in [2.75, 3.05) is 0 Å². The first-order chi connectivity index (χ1) is 8.21. The lowest BCUT2D eigenvalue weighted by Crippen LogP contribution is -2.24. The topological polar surface area (TPSA) is 20.2 Å². The summed E-state index contributed by atoms with van der Waals surface area (Å²) >= 11 is 0. The zero-order valence-electron chi connectivity index (χ0n) is 12.7. The van der Waals surface area contributed by atoms with Crippen LogP contribution in [0.2, 0.25) is 0 Å². The number of hydrogen-bond acceptors (Lipinski definition) is 1. The molecule has 2 unspecified atom stereocenters. The van der Waals surface area contributed by atoms with Gasteiger partial charge in [0.1, 0.15) is 0 Å². The molecule has 1 heteroatoms.